The van der Waals surface area contributed by atoms with Crippen LogP contribution in [0.3, 0.4) is 0 Å². The molecule has 1 aliphatic rings. The number of anilines is 1. The first kappa shape index (κ1) is 22.2. The van der Waals surface area contributed by atoms with Crippen molar-refractivity contribution in [3.63, 3.8) is 0 Å². The third-order valence-electron chi connectivity index (χ3n) is 6.75. The first-order valence-corrected chi connectivity index (χ1v) is 12.1. The van der Waals surface area contributed by atoms with Crippen molar-refractivity contribution in [1.29, 1.82) is 0 Å². The highest BCUT2D eigenvalue weighted by atomic mass is 16.5. The van der Waals surface area contributed by atoms with Gasteiger partial charge >= 0.3 is 0 Å². The molecular weight excluding hydrogens is 422 g/mol. The number of rotatable bonds is 7. The topological polar surface area (TPSA) is 47.4 Å². The van der Waals surface area contributed by atoms with Crippen LogP contribution in [0.4, 0.5) is 5.69 Å². The second kappa shape index (κ2) is 9.34. The lowest BCUT2D eigenvalue weighted by molar-refractivity contribution is -0.117. The number of benzene rings is 3. The number of hydrogen-bond acceptors (Lipinski definition) is 3. The number of nitrogens with zero attached hydrogens (tertiary/aromatic N) is 3. The number of ether oxygens (including phenoxy) is 1. The van der Waals surface area contributed by atoms with Gasteiger partial charge in [-0.25, -0.2) is 4.98 Å². The normalized spacial score (nSPS) is 15.9. The van der Waals surface area contributed by atoms with Gasteiger partial charge in [-0.3, -0.25) is 4.79 Å². The molecule has 34 heavy (non-hydrogen) atoms. The number of amides is 1. The molecule has 2 heterocycles. The average Bonchev–Trinajstić information content (AvgIpc) is 3.41. The Morgan fingerprint density at radius 2 is 1.82 bits per heavy atom. The van der Waals surface area contributed by atoms with Gasteiger partial charge in [-0.2, -0.15) is 0 Å². The third-order valence-corrected chi connectivity index (χ3v) is 6.75. The fourth-order valence-corrected chi connectivity index (χ4v) is 4.94. The number of aryl methyl sites for hydroxylation is 3. The molecule has 0 radical (unpaired) electrons. The van der Waals surface area contributed by atoms with E-state index in [1.54, 1.807) is 0 Å². The van der Waals surface area contributed by atoms with Crippen molar-refractivity contribution < 1.29 is 9.53 Å². The highest BCUT2D eigenvalue weighted by Crippen LogP contribution is 2.34. The molecule has 1 unspecified atom stereocenters. The fraction of sp³-hybridized carbons (Fsp3) is 0.310. The smallest absolute Gasteiger partial charge is 0.227 e. The van der Waals surface area contributed by atoms with E-state index in [-0.39, 0.29) is 11.8 Å². The molecule has 4 aromatic rings. The molecule has 1 aromatic heterocycles. The number of aromatic nitrogens is 2. The summed E-state index contributed by atoms with van der Waals surface area (Å²) in [5.74, 6) is 2.10. The van der Waals surface area contributed by atoms with E-state index < -0.39 is 0 Å². The Balaban J connectivity index is 1.42. The quantitative estimate of drug-likeness (QED) is 0.354. The minimum atomic E-state index is 0.0468. The van der Waals surface area contributed by atoms with Gasteiger partial charge in [0.2, 0.25) is 5.91 Å². The summed E-state index contributed by atoms with van der Waals surface area (Å²) < 4.78 is 8.42. The molecule has 1 fully saturated rings. The first-order valence-electron chi connectivity index (χ1n) is 12.1. The molecule has 0 bridgehead atoms. The van der Waals surface area contributed by atoms with Crippen molar-refractivity contribution >= 4 is 22.6 Å². The Kier molecular flexibility index (Phi) is 6.10. The minimum Gasteiger partial charge on any atom is -0.491 e. The summed E-state index contributed by atoms with van der Waals surface area (Å²) in [7, 11) is 0. The number of imidazole rings is 1. The van der Waals surface area contributed by atoms with E-state index in [0.717, 1.165) is 40.3 Å². The van der Waals surface area contributed by atoms with Gasteiger partial charge in [0, 0.05) is 24.6 Å². The highest BCUT2D eigenvalue weighted by molar-refractivity contribution is 5.97. The molecule has 5 heteroatoms. The van der Waals surface area contributed by atoms with Crippen LogP contribution in [0, 0.1) is 13.8 Å². The van der Waals surface area contributed by atoms with Gasteiger partial charge in [-0.05, 0) is 61.2 Å². The summed E-state index contributed by atoms with van der Waals surface area (Å²) in [4.78, 5) is 20.0. The van der Waals surface area contributed by atoms with Gasteiger partial charge in [-0.1, -0.05) is 49.4 Å². The lowest BCUT2D eigenvalue weighted by Gasteiger charge is -2.20. The van der Waals surface area contributed by atoms with Gasteiger partial charge < -0.3 is 14.2 Å². The van der Waals surface area contributed by atoms with Crippen LogP contribution in [0.5, 0.6) is 5.75 Å². The SMILES string of the molecule is CCc1ccccc1N1CC(c2nc3ccccc3n2CCOc2cc(C)ccc2C)CC1=O. The molecule has 1 aliphatic heterocycles. The average molecular weight is 454 g/mol. The van der Waals surface area contributed by atoms with Crippen molar-refractivity contribution in [1.82, 2.24) is 9.55 Å². The molecule has 0 spiro atoms. The van der Waals surface area contributed by atoms with E-state index >= 15 is 0 Å². The summed E-state index contributed by atoms with van der Waals surface area (Å²) >= 11 is 0. The molecule has 174 valence electrons. The van der Waals surface area contributed by atoms with Crippen LogP contribution in [0.25, 0.3) is 11.0 Å². The van der Waals surface area contributed by atoms with Gasteiger partial charge in [0.1, 0.15) is 18.2 Å². The lowest BCUT2D eigenvalue weighted by Crippen LogP contribution is -2.25. The summed E-state index contributed by atoms with van der Waals surface area (Å²) in [5, 5.41) is 0. The second-order valence-corrected chi connectivity index (χ2v) is 9.12. The van der Waals surface area contributed by atoms with Crippen LogP contribution < -0.4 is 9.64 Å². The Hall–Kier alpha value is -3.60. The summed E-state index contributed by atoms with van der Waals surface area (Å²) in [6.07, 6.45) is 1.37. The summed E-state index contributed by atoms with van der Waals surface area (Å²) in [5.41, 5.74) is 6.59. The zero-order valence-corrected chi connectivity index (χ0v) is 20.1. The van der Waals surface area contributed by atoms with Crippen LogP contribution in [0.1, 0.15) is 41.8 Å². The molecule has 5 nitrogen and oxygen atoms in total. The monoisotopic (exact) mass is 453 g/mol. The second-order valence-electron chi connectivity index (χ2n) is 9.12. The number of hydrogen-bond donors (Lipinski definition) is 0. The van der Waals surface area contributed by atoms with E-state index in [1.165, 1.54) is 11.1 Å². The minimum absolute atomic E-state index is 0.0468. The zero-order valence-electron chi connectivity index (χ0n) is 20.1. The maximum atomic E-state index is 13.1. The molecule has 0 aliphatic carbocycles. The standard InChI is InChI=1S/C29H31N3O2/c1-4-22-9-5-7-11-25(22)32-19-23(18-28(32)33)29-30-24-10-6-8-12-26(24)31(29)15-16-34-27-17-20(2)13-14-21(27)3/h5-14,17,23H,4,15-16,18-19H2,1-3H3. The molecule has 3 aromatic carbocycles. The van der Waals surface area contributed by atoms with E-state index in [1.807, 2.05) is 35.2 Å². The fourth-order valence-electron chi connectivity index (χ4n) is 4.94. The zero-order chi connectivity index (χ0) is 23.7. The number of carbonyl (C=O) groups is 1. The maximum Gasteiger partial charge on any atom is 0.227 e. The molecule has 1 amide bonds. The van der Waals surface area contributed by atoms with Crippen molar-refractivity contribution in [3.05, 3.63) is 89.2 Å². The number of carbonyl (C=O) groups excluding carboxylic acids is 1. The van der Waals surface area contributed by atoms with E-state index in [9.17, 15) is 4.79 Å². The number of fused-ring (bicyclic) bond motifs is 1. The van der Waals surface area contributed by atoms with E-state index in [4.69, 9.17) is 9.72 Å². The highest BCUT2D eigenvalue weighted by Gasteiger charge is 2.35. The third kappa shape index (κ3) is 4.18. The summed E-state index contributed by atoms with van der Waals surface area (Å²) in [6, 6.07) is 22.7. The van der Waals surface area contributed by atoms with Crippen LogP contribution in [-0.4, -0.2) is 28.6 Å². The molecule has 1 atom stereocenters. The lowest BCUT2D eigenvalue weighted by atomic mass is 10.1. The van der Waals surface area contributed by atoms with Crippen molar-refractivity contribution in [2.45, 2.75) is 46.1 Å². The molecule has 1 saturated heterocycles. The molecule has 0 N–H and O–H groups in total. The predicted octanol–water partition coefficient (Wildman–Crippen LogP) is 5.82. The summed E-state index contributed by atoms with van der Waals surface area (Å²) in [6.45, 7) is 8.15. The Bertz CT molecular complexity index is 1340. The van der Waals surface area contributed by atoms with E-state index in [2.05, 4.69) is 61.7 Å². The van der Waals surface area contributed by atoms with Crippen LogP contribution in [-0.2, 0) is 17.8 Å². The first-order chi connectivity index (χ1) is 16.5. The van der Waals surface area contributed by atoms with Gasteiger partial charge in [0.25, 0.3) is 0 Å². The van der Waals surface area contributed by atoms with Crippen molar-refractivity contribution in [2.75, 3.05) is 18.1 Å². The Labute approximate surface area is 201 Å². The molecule has 0 saturated carbocycles. The van der Waals surface area contributed by atoms with Gasteiger partial charge in [0.05, 0.1) is 17.6 Å². The predicted molar refractivity (Wildman–Crippen MR) is 137 cm³/mol. The van der Waals surface area contributed by atoms with Gasteiger partial charge in [-0.15, -0.1) is 0 Å². The van der Waals surface area contributed by atoms with Crippen LogP contribution in [0.15, 0.2) is 66.7 Å². The van der Waals surface area contributed by atoms with Crippen LogP contribution in [0.2, 0.25) is 0 Å². The van der Waals surface area contributed by atoms with E-state index in [0.29, 0.717) is 26.1 Å². The molecule has 5 rings (SSSR count). The Morgan fingerprint density at radius 3 is 2.68 bits per heavy atom. The van der Waals surface area contributed by atoms with Crippen molar-refractivity contribution in [2.24, 2.45) is 0 Å². The number of para-hydroxylation sites is 3. The Morgan fingerprint density at radius 1 is 1.03 bits per heavy atom. The largest absolute Gasteiger partial charge is 0.491 e. The maximum absolute atomic E-state index is 13.1. The van der Waals surface area contributed by atoms with Gasteiger partial charge in [0.15, 0.2) is 0 Å². The van der Waals surface area contributed by atoms with Crippen molar-refractivity contribution in [3.8, 4) is 5.75 Å². The van der Waals surface area contributed by atoms with Crippen LogP contribution >= 0.6 is 0 Å². The molecular formula is C29H31N3O2.